The molecule has 6 heteroatoms. The maximum absolute atomic E-state index is 12.6. The summed E-state index contributed by atoms with van der Waals surface area (Å²) in [6.07, 6.45) is 32.9. The first kappa shape index (κ1) is 44.9. The topological polar surface area (TPSA) is 52.6 Å². The smallest absolute Gasteiger partial charge is 0.306 e. The van der Waals surface area contributed by atoms with E-state index in [9.17, 15) is 9.59 Å². The molecular weight excluding hydrogens is 572 g/mol. The highest BCUT2D eigenvalue weighted by molar-refractivity contribution is 5.77. The quantitative estimate of drug-likeness (QED) is 0.0300. The third-order valence-electron chi connectivity index (χ3n) is 10.0. The molecule has 0 aromatic carbocycles. The van der Waals surface area contributed by atoms with E-state index in [4.69, 9.17) is 9.47 Å². The second kappa shape index (κ2) is 30.0. The number of carbonyl (C=O) groups is 2. The summed E-state index contributed by atoms with van der Waals surface area (Å²) in [5.74, 6) is -0.629. The molecule has 0 saturated heterocycles. The van der Waals surface area contributed by atoms with E-state index >= 15 is 0 Å². The van der Waals surface area contributed by atoms with Gasteiger partial charge in [-0.1, -0.05) is 142 Å². The van der Waals surface area contributed by atoms with Crippen molar-refractivity contribution in [2.24, 2.45) is 0 Å². The SMILES string of the molecule is CCCCCCCCCCCCCC[N+](C)(C)C(COC(=O)CCC(=O)OCC)[N+](C)(C)CCCCCCCCCCCCCC. The van der Waals surface area contributed by atoms with Crippen LogP contribution >= 0.6 is 0 Å². The molecule has 6 nitrogen and oxygen atoms in total. The molecule has 0 aromatic heterocycles. The van der Waals surface area contributed by atoms with Gasteiger partial charge in [-0.15, -0.1) is 0 Å². The molecular formula is C40H82N2O4+2. The van der Waals surface area contributed by atoms with Crippen LogP contribution < -0.4 is 0 Å². The largest absolute Gasteiger partial charge is 0.466 e. The van der Waals surface area contributed by atoms with Gasteiger partial charge in [0.25, 0.3) is 6.17 Å². The number of likely N-dealkylation sites (N-methyl/N-ethyl adjacent to an activating group) is 2. The van der Waals surface area contributed by atoms with Crippen molar-refractivity contribution in [3.05, 3.63) is 0 Å². The Morgan fingerprint density at radius 1 is 0.435 bits per heavy atom. The van der Waals surface area contributed by atoms with Crippen molar-refractivity contribution < 1.29 is 28.0 Å². The normalized spacial score (nSPS) is 12.2. The molecule has 0 heterocycles. The molecule has 46 heavy (non-hydrogen) atoms. The number of unbranched alkanes of at least 4 members (excludes halogenated alkanes) is 22. The Morgan fingerprint density at radius 2 is 0.717 bits per heavy atom. The van der Waals surface area contributed by atoms with Crippen LogP contribution in [-0.4, -0.2) is 81.6 Å². The summed E-state index contributed by atoms with van der Waals surface area (Å²) in [5.41, 5.74) is 0. The van der Waals surface area contributed by atoms with Gasteiger partial charge >= 0.3 is 11.9 Å². The van der Waals surface area contributed by atoms with Gasteiger partial charge in [-0.05, 0) is 32.6 Å². The molecule has 0 rings (SSSR count). The second-order valence-corrected chi connectivity index (χ2v) is 15.3. The zero-order valence-corrected chi connectivity index (χ0v) is 32.3. The monoisotopic (exact) mass is 655 g/mol. The minimum Gasteiger partial charge on any atom is -0.466 e. The van der Waals surface area contributed by atoms with Gasteiger partial charge in [0.2, 0.25) is 0 Å². The third-order valence-corrected chi connectivity index (χ3v) is 10.0. The molecule has 0 aliphatic heterocycles. The summed E-state index contributed by atoms with van der Waals surface area (Å²) >= 11 is 0. The first-order chi connectivity index (χ1) is 22.1. The molecule has 274 valence electrons. The van der Waals surface area contributed by atoms with Crippen LogP contribution in [0.3, 0.4) is 0 Å². The first-order valence-corrected chi connectivity index (χ1v) is 20.1. The van der Waals surface area contributed by atoms with Crippen LogP contribution in [0.5, 0.6) is 0 Å². The molecule has 0 atom stereocenters. The van der Waals surface area contributed by atoms with Crippen molar-refractivity contribution >= 4 is 11.9 Å². The van der Waals surface area contributed by atoms with E-state index in [1.807, 2.05) is 0 Å². The standard InChI is InChI=1S/C40H82N2O4/c1-8-11-13-15-17-19-21-23-25-27-29-31-35-41(4,5)38(37-46-40(44)34-33-39(43)45-10-3)42(6,7)36-32-30-28-26-24-22-20-18-16-14-12-9-2/h38H,8-37H2,1-7H3/q+2. The fourth-order valence-corrected chi connectivity index (χ4v) is 6.95. The molecule has 0 saturated carbocycles. The lowest BCUT2D eigenvalue weighted by Gasteiger charge is -2.46. The zero-order valence-electron chi connectivity index (χ0n) is 32.3. The maximum atomic E-state index is 12.6. The number of carbonyl (C=O) groups excluding carboxylic acids is 2. The fourth-order valence-electron chi connectivity index (χ4n) is 6.95. The Bertz CT molecular complexity index is 669. The Hall–Kier alpha value is -1.14. The van der Waals surface area contributed by atoms with E-state index in [2.05, 4.69) is 42.0 Å². The number of hydrogen-bond donors (Lipinski definition) is 0. The molecule has 0 N–H and O–H groups in total. The lowest BCUT2D eigenvalue weighted by Crippen LogP contribution is -2.66. The minimum absolute atomic E-state index is 0.0872. The van der Waals surface area contributed by atoms with Crippen LogP contribution in [0.15, 0.2) is 0 Å². The Balaban J connectivity index is 4.68. The number of esters is 2. The summed E-state index contributed by atoms with van der Waals surface area (Å²) in [6, 6.07) is 0. The number of ether oxygens (including phenoxy) is 2. The zero-order chi connectivity index (χ0) is 34.4. The Labute approximate surface area is 287 Å². The number of quaternary nitrogens is 2. The van der Waals surface area contributed by atoms with Gasteiger partial charge in [-0.25, -0.2) is 0 Å². The van der Waals surface area contributed by atoms with Crippen LogP contribution in [0.2, 0.25) is 0 Å². The van der Waals surface area contributed by atoms with Gasteiger partial charge in [0.05, 0.1) is 60.7 Å². The minimum atomic E-state index is -0.331. The fraction of sp³-hybridized carbons (Fsp3) is 0.950. The number of hydrogen-bond acceptors (Lipinski definition) is 4. The Kier molecular flexibility index (Phi) is 29.2. The van der Waals surface area contributed by atoms with Crippen LogP contribution in [0.4, 0.5) is 0 Å². The summed E-state index contributed by atoms with van der Waals surface area (Å²) in [5, 5.41) is 0. The van der Waals surface area contributed by atoms with Crippen molar-refractivity contribution in [3.8, 4) is 0 Å². The average molecular weight is 655 g/mol. The first-order valence-electron chi connectivity index (χ1n) is 20.1. The third kappa shape index (κ3) is 25.9. The predicted molar refractivity (Wildman–Crippen MR) is 197 cm³/mol. The van der Waals surface area contributed by atoms with Crippen molar-refractivity contribution in [2.75, 3.05) is 54.5 Å². The van der Waals surface area contributed by atoms with Gasteiger partial charge < -0.3 is 9.47 Å². The van der Waals surface area contributed by atoms with Crippen molar-refractivity contribution in [1.29, 1.82) is 0 Å². The van der Waals surface area contributed by atoms with Gasteiger partial charge in [-0.2, -0.15) is 0 Å². The van der Waals surface area contributed by atoms with E-state index in [1.54, 1.807) is 6.92 Å². The second-order valence-electron chi connectivity index (χ2n) is 15.3. The highest BCUT2D eigenvalue weighted by Gasteiger charge is 2.42. The molecule has 0 radical (unpaired) electrons. The number of rotatable bonds is 34. The van der Waals surface area contributed by atoms with Gasteiger partial charge in [0.1, 0.15) is 0 Å². The lowest BCUT2D eigenvalue weighted by molar-refractivity contribution is -1.10. The molecule has 0 fully saturated rings. The van der Waals surface area contributed by atoms with E-state index in [0.29, 0.717) is 13.2 Å². The van der Waals surface area contributed by atoms with Gasteiger partial charge in [-0.3, -0.25) is 18.6 Å². The van der Waals surface area contributed by atoms with Crippen LogP contribution in [0, 0.1) is 0 Å². The van der Waals surface area contributed by atoms with E-state index in [0.717, 1.165) is 22.1 Å². The lowest BCUT2D eigenvalue weighted by atomic mass is 10.0. The van der Waals surface area contributed by atoms with Crippen molar-refractivity contribution in [1.82, 2.24) is 0 Å². The van der Waals surface area contributed by atoms with Gasteiger partial charge in [0.15, 0.2) is 6.61 Å². The molecule has 0 unspecified atom stereocenters. The molecule has 0 aliphatic carbocycles. The van der Waals surface area contributed by atoms with Crippen molar-refractivity contribution in [3.63, 3.8) is 0 Å². The summed E-state index contributed by atoms with van der Waals surface area (Å²) in [4.78, 5) is 24.4. The molecule has 0 spiro atoms. The molecule has 0 amide bonds. The van der Waals surface area contributed by atoms with Crippen molar-refractivity contribution in [2.45, 2.75) is 194 Å². The molecule has 0 aromatic rings. The van der Waals surface area contributed by atoms with E-state index in [-0.39, 0.29) is 30.9 Å². The average Bonchev–Trinajstić information content (AvgIpc) is 3.01. The van der Waals surface area contributed by atoms with Crippen LogP contribution in [-0.2, 0) is 19.1 Å². The highest BCUT2D eigenvalue weighted by Crippen LogP contribution is 2.22. The number of nitrogens with zero attached hydrogens (tertiary/aromatic N) is 2. The molecule has 0 bridgehead atoms. The summed E-state index contributed by atoms with van der Waals surface area (Å²) in [6.45, 7) is 9.25. The predicted octanol–water partition coefficient (Wildman–Crippen LogP) is 10.8. The van der Waals surface area contributed by atoms with E-state index in [1.165, 1.54) is 154 Å². The summed E-state index contributed by atoms with van der Waals surface area (Å²) in [7, 11) is 9.27. The molecule has 0 aliphatic rings. The van der Waals surface area contributed by atoms with E-state index < -0.39 is 0 Å². The maximum Gasteiger partial charge on any atom is 0.306 e. The van der Waals surface area contributed by atoms with Crippen LogP contribution in [0.1, 0.15) is 188 Å². The van der Waals surface area contributed by atoms with Crippen LogP contribution in [0.25, 0.3) is 0 Å². The van der Waals surface area contributed by atoms with Gasteiger partial charge in [0, 0.05) is 0 Å². The highest BCUT2D eigenvalue weighted by atomic mass is 16.5. The summed E-state index contributed by atoms with van der Waals surface area (Å²) < 4.78 is 12.5. The Morgan fingerprint density at radius 3 is 1.02 bits per heavy atom.